The normalized spacial score (nSPS) is 25.2. The molecule has 2 saturated carbocycles. The molecule has 9 heteroatoms. The maximum absolute atomic E-state index is 12.3. The summed E-state index contributed by atoms with van der Waals surface area (Å²) in [6, 6.07) is -0.554. The highest BCUT2D eigenvalue weighted by Crippen LogP contribution is 2.37. The van der Waals surface area contributed by atoms with Gasteiger partial charge in [0.1, 0.15) is 6.54 Å². The molecule has 3 aliphatic rings. The molecule has 2 N–H and O–H groups in total. The van der Waals surface area contributed by atoms with Gasteiger partial charge in [0.05, 0.1) is 11.8 Å². The molecule has 3 rings (SSSR count). The lowest BCUT2D eigenvalue weighted by atomic mass is 9.81. The maximum atomic E-state index is 12.3. The first-order valence-electron chi connectivity index (χ1n) is 10.1. The van der Waals surface area contributed by atoms with Gasteiger partial charge in [0.15, 0.2) is 6.61 Å². The molecule has 2 aliphatic carbocycles. The van der Waals surface area contributed by atoms with Crippen molar-refractivity contribution in [2.75, 3.05) is 13.2 Å². The van der Waals surface area contributed by atoms with Gasteiger partial charge in [0.2, 0.25) is 11.8 Å². The van der Waals surface area contributed by atoms with Gasteiger partial charge in [-0.1, -0.05) is 32.1 Å². The average molecular weight is 393 g/mol. The molecule has 2 atom stereocenters. The number of esters is 1. The van der Waals surface area contributed by atoms with Crippen molar-refractivity contribution in [3.63, 3.8) is 0 Å². The molecule has 0 aromatic rings. The number of ether oxygens (including phenoxy) is 1. The van der Waals surface area contributed by atoms with Gasteiger partial charge in [-0.05, 0) is 25.7 Å². The van der Waals surface area contributed by atoms with E-state index >= 15 is 0 Å². The molecule has 1 aliphatic heterocycles. The largest absolute Gasteiger partial charge is 0.454 e. The van der Waals surface area contributed by atoms with E-state index in [1.165, 1.54) is 0 Å². The van der Waals surface area contributed by atoms with E-state index in [4.69, 9.17) is 4.74 Å². The standard InChI is InChI=1S/C19H27N3O6/c23-15(21-19(27)20-12-6-2-1-3-7-12)11-28-16(24)10-22-17(25)13-8-4-5-9-14(13)18(22)26/h12-14H,1-11H2,(H2,20,21,23,27)/t13-,14-/m0/s1. The summed E-state index contributed by atoms with van der Waals surface area (Å²) in [4.78, 5) is 61.1. The maximum Gasteiger partial charge on any atom is 0.326 e. The number of hydrogen-bond acceptors (Lipinski definition) is 6. The summed E-state index contributed by atoms with van der Waals surface area (Å²) in [6.07, 6.45) is 8.16. The lowest BCUT2D eigenvalue weighted by molar-refractivity contribution is -0.154. The molecule has 0 radical (unpaired) electrons. The molecular formula is C19H27N3O6. The van der Waals surface area contributed by atoms with Crippen LogP contribution in [0, 0.1) is 11.8 Å². The van der Waals surface area contributed by atoms with Crippen LogP contribution >= 0.6 is 0 Å². The molecule has 154 valence electrons. The molecule has 0 aromatic heterocycles. The van der Waals surface area contributed by atoms with Gasteiger partial charge in [-0.3, -0.25) is 29.4 Å². The highest BCUT2D eigenvalue weighted by atomic mass is 16.5. The van der Waals surface area contributed by atoms with Crippen molar-refractivity contribution in [2.45, 2.75) is 63.8 Å². The Kier molecular flexibility index (Phi) is 6.64. The predicted octanol–water partition coefficient (Wildman–Crippen LogP) is 0.863. The minimum absolute atomic E-state index is 0.0554. The Labute approximate surface area is 163 Å². The van der Waals surface area contributed by atoms with Gasteiger partial charge in [0.25, 0.3) is 5.91 Å². The van der Waals surface area contributed by atoms with Crippen molar-refractivity contribution < 1.29 is 28.7 Å². The van der Waals surface area contributed by atoms with Crippen molar-refractivity contribution in [1.82, 2.24) is 15.5 Å². The van der Waals surface area contributed by atoms with E-state index in [9.17, 15) is 24.0 Å². The molecule has 0 aromatic carbocycles. The number of nitrogens with zero attached hydrogens (tertiary/aromatic N) is 1. The van der Waals surface area contributed by atoms with E-state index < -0.39 is 31.1 Å². The number of nitrogens with one attached hydrogen (secondary N) is 2. The topological polar surface area (TPSA) is 122 Å². The van der Waals surface area contributed by atoms with Crippen molar-refractivity contribution in [1.29, 1.82) is 0 Å². The molecule has 1 saturated heterocycles. The van der Waals surface area contributed by atoms with Crippen LogP contribution in [0.3, 0.4) is 0 Å². The number of fused-ring (bicyclic) bond motifs is 1. The van der Waals surface area contributed by atoms with Crippen molar-refractivity contribution >= 4 is 29.7 Å². The summed E-state index contributed by atoms with van der Waals surface area (Å²) in [5.41, 5.74) is 0. The third-order valence-corrected chi connectivity index (χ3v) is 5.78. The molecule has 1 heterocycles. The fraction of sp³-hybridized carbons (Fsp3) is 0.737. The quantitative estimate of drug-likeness (QED) is 0.528. The van der Waals surface area contributed by atoms with E-state index in [1.54, 1.807) is 0 Å². The Balaban J connectivity index is 1.39. The Morgan fingerprint density at radius 1 is 0.893 bits per heavy atom. The minimum Gasteiger partial charge on any atom is -0.454 e. The molecule has 0 spiro atoms. The second-order valence-corrected chi connectivity index (χ2v) is 7.78. The predicted molar refractivity (Wildman–Crippen MR) is 96.7 cm³/mol. The first-order valence-corrected chi connectivity index (χ1v) is 10.1. The fourth-order valence-electron chi connectivity index (χ4n) is 4.34. The van der Waals surface area contributed by atoms with Crippen molar-refractivity contribution in [3.05, 3.63) is 0 Å². The van der Waals surface area contributed by atoms with Gasteiger partial charge in [-0.15, -0.1) is 0 Å². The number of hydrogen-bond donors (Lipinski definition) is 2. The Hall–Kier alpha value is -2.45. The second-order valence-electron chi connectivity index (χ2n) is 7.78. The zero-order valence-corrected chi connectivity index (χ0v) is 15.9. The number of rotatable bonds is 5. The summed E-state index contributed by atoms with van der Waals surface area (Å²) in [5.74, 6) is -2.93. The number of urea groups is 1. The van der Waals surface area contributed by atoms with E-state index in [0.717, 1.165) is 49.8 Å². The SMILES string of the molecule is O=C(COC(=O)CN1C(=O)[C@H]2CCCC[C@@H]2C1=O)NC(=O)NC1CCCCC1. The summed E-state index contributed by atoms with van der Waals surface area (Å²) in [5, 5.41) is 4.85. The fourth-order valence-corrected chi connectivity index (χ4v) is 4.34. The summed E-state index contributed by atoms with van der Waals surface area (Å²) in [6.45, 7) is -1.13. The van der Waals surface area contributed by atoms with Crippen LogP contribution in [-0.2, 0) is 23.9 Å². The van der Waals surface area contributed by atoms with Crippen LogP contribution in [0.5, 0.6) is 0 Å². The number of carbonyl (C=O) groups excluding carboxylic acids is 5. The van der Waals surface area contributed by atoms with Crippen LogP contribution in [0.25, 0.3) is 0 Å². The first-order chi connectivity index (χ1) is 13.5. The van der Waals surface area contributed by atoms with E-state index in [0.29, 0.717) is 12.8 Å². The third-order valence-electron chi connectivity index (χ3n) is 5.78. The third kappa shape index (κ3) is 4.88. The Morgan fingerprint density at radius 2 is 1.46 bits per heavy atom. The molecule has 9 nitrogen and oxygen atoms in total. The van der Waals surface area contributed by atoms with Gasteiger partial charge < -0.3 is 10.1 Å². The van der Waals surface area contributed by atoms with Crippen molar-refractivity contribution in [2.24, 2.45) is 11.8 Å². The number of carbonyl (C=O) groups is 5. The molecular weight excluding hydrogens is 366 g/mol. The van der Waals surface area contributed by atoms with Crippen LogP contribution < -0.4 is 10.6 Å². The van der Waals surface area contributed by atoms with Crippen molar-refractivity contribution in [3.8, 4) is 0 Å². The molecule has 5 amide bonds. The Morgan fingerprint density at radius 3 is 2.07 bits per heavy atom. The summed E-state index contributed by atoms with van der Waals surface area (Å²) >= 11 is 0. The van der Waals surface area contributed by atoms with Gasteiger partial charge in [-0.2, -0.15) is 0 Å². The van der Waals surface area contributed by atoms with Crippen LogP contribution in [-0.4, -0.2) is 53.8 Å². The zero-order valence-electron chi connectivity index (χ0n) is 15.9. The molecule has 3 fully saturated rings. The van der Waals surface area contributed by atoms with Crippen LogP contribution in [0.15, 0.2) is 0 Å². The Bertz CT molecular complexity index is 634. The highest BCUT2D eigenvalue weighted by Gasteiger charge is 2.48. The number of likely N-dealkylation sites (tertiary alicyclic amines) is 1. The lowest BCUT2D eigenvalue weighted by Crippen LogP contribution is -2.46. The summed E-state index contributed by atoms with van der Waals surface area (Å²) < 4.78 is 4.83. The molecule has 0 unspecified atom stereocenters. The van der Waals surface area contributed by atoms with Gasteiger partial charge in [-0.25, -0.2) is 4.79 Å². The lowest BCUT2D eigenvalue weighted by Gasteiger charge is -2.22. The van der Waals surface area contributed by atoms with Gasteiger partial charge >= 0.3 is 12.0 Å². The average Bonchev–Trinajstić information content (AvgIpc) is 2.92. The smallest absolute Gasteiger partial charge is 0.326 e. The van der Waals surface area contributed by atoms with E-state index in [1.807, 2.05) is 0 Å². The highest BCUT2D eigenvalue weighted by molar-refractivity contribution is 6.07. The first kappa shape index (κ1) is 20.3. The van der Waals surface area contributed by atoms with Crippen LogP contribution in [0.1, 0.15) is 57.8 Å². The molecule has 0 bridgehead atoms. The molecule has 28 heavy (non-hydrogen) atoms. The number of amides is 5. The monoisotopic (exact) mass is 393 g/mol. The van der Waals surface area contributed by atoms with Crippen LogP contribution in [0.2, 0.25) is 0 Å². The number of imide groups is 2. The summed E-state index contributed by atoms with van der Waals surface area (Å²) in [7, 11) is 0. The van der Waals surface area contributed by atoms with E-state index in [2.05, 4.69) is 10.6 Å². The second kappa shape index (κ2) is 9.16. The minimum atomic E-state index is -0.844. The van der Waals surface area contributed by atoms with E-state index in [-0.39, 0.29) is 29.7 Å². The van der Waals surface area contributed by atoms with Crippen LogP contribution in [0.4, 0.5) is 4.79 Å². The van der Waals surface area contributed by atoms with Gasteiger partial charge in [0, 0.05) is 6.04 Å². The zero-order chi connectivity index (χ0) is 20.1.